The lowest BCUT2D eigenvalue weighted by molar-refractivity contribution is -0.139. The maximum Gasteiger partial charge on any atom is 0.478 e. The molecule has 0 unspecified atom stereocenters. The Labute approximate surface area is 460 Å². The highest BCUT2D eigenvalue weighted by Gasteiger charge is 2.67. The zero-order chi connectivity index (χ0) is 58.2. The third-order valence-electron chi connectivity index (χ3n) is 8.03. The van der Waals surface area contributed by atoms with Gasteiger partial charge in [0.15, 0.2) is 66.5 Å². The monoisotopic (exact) mass is 1270 g/mol. The van der Waals surface area contributed by atoms with Crippen LogP contribution in [0.5, 0.6) is 0 Å². The molecule has 0 aromatic heterocycles. The molecule has 0 spiro atoms. The van der Waals surface area contributed by atoms with Gasteiger partial charge in [-0.25, -0.2) is 9.59 Å². The molecule has 0 saturated heterocycles. The summed E-state index contributed by atoms with van der Waals surface area (Å²) in [7, 11) is -45.0. The van der Waals surface area contributed by atoms with Crippen molar-refractivity contribution >= 4 is 131 Å². The predicted molar refractivity (Wildman–Crippen MR) is 329 cm³/mol. The molecule has 0 fully saturated rings. The lowest BCUT2D eigenvalue weighted by atomic mass is 10.4. The highest BCUT2D eigenvalue weighted by Crippen LogP contribution is 2.41. The van der Waals surface area contributed by atoms with E-state index < -0.39 is 131 Å². The van der Waals surface area contributed by atoms with Gasteiger partial charge in [0.05, 0.1) is 13.2 Å². The molecule has 0 aromatic rings. The van der Waals surface area contributed by atoms with Crippen molar-refractivity contribution in [1.29, 1.82) is 0 Å². The Hall–Kier alpha value is 0.936. The van der Waals surface area contributed by atoms with Gasteiger partial charge < -0.3 is 63.0 Å². The van der Waals surface area contributed by atoms with Crippen LogP contribution in [0.25, 0.3) is 0 Å². The lowest BCUT2D eigenvalue weighted by Gasteiger charge is -2.51. The van der Waals surface area contributed by atoms with Gasteiger partial charge in [-0.3, -0.25) is 0 Å². The SMILES string of the molecule is C=C(C)C(=O)OCCC[Si](O[Si](C)(O[Si](C)(C)C)O[Si](C)(C)C)(O[Si](C)(O[Si](C)(C)C)O[Si](C)(C)C)O[Si](CCCOC(=O)C(=C)C)(O[Si](C)(O[Si](C)(C)C)O[Si](C)(C)C)O[Si](C)(O[Si](C)(C)C)O[Si](C)(C)C. The third kappa shape index (κ3) is 34.6. The zero-order valence-corrected chi connectivity index (χ0v) is 65.6. The van der Waals surface area contributed by atoms with Crippen LogP contribution < -0.4 is 0 Å². The Morgan fingerprint density at radius 2 is 0.452 bits per heavy atom. The van der Waals surface area contributed by atoms with Crippen LogP contribution in [0, 0.1) is 0 Å². The fourth-order valence-electron chi connectivity index (χ4n) is 7.65. The average molecular weight is 1280 g/mol. The van der Waals surface area contributed by atoms with E-state index in [4.69, 9.17) is 63.0 Å². The lowest BCUT2D eigenvalue weighted by Crippen LogP contribution is -2.74. The third-order valence-corrected chi connectivity index (χ3v) is 54.8. The first kappa shape index (κ1) is 73.9. The Morgan fingerprint density at radius 1 is 0.288 bits per heavy atom. The summed E-state index contributed by atoms with van der Waals surface area (Å²) in [5.74, 6) is -1.08. The molecule has 0 N–H and O–H groups in total. The van der Waals surface area contributed by atoms with Crippen LogP contribution in [-0.2, 0) is 72.6 Å². The van der Waals surface area contributed by atoms with Crippen LogP contribution in [-0.4, -0.2) is 145 Å². The second-order valence-corrected chi connectivity index (χ2v) is 82.1. The first-order chi connectivity index (χ1) is 31.8. The summed E-state index contributed by atoms with van der Waals surface area (Å²) < 4.78 is 108. The molecule has 432 valence electrons. The minimum Gasteiger partial charge on any atom is -0.462 e. The molecule has 73 heavy (non-hydrogen) atoms. The van der Waals surface area contributed by atoms with E-state index in [0.29, 0.717) is 0 Å². The van der Waals surface area contributed by atoms with Crippen molar-refractivity contribution in [3.63, 3.8) is 0 Å². The van der Waals surface area contributed by atoms with Gasteiger partial charge >= 0.3 is 64.8 Å². The molecule has 0 aromatic carbocycles. The summed E-state index contributed by atoms with van der Waals surface area (Å²) >= 11 is 0. The van der Waals surface area contributed by atoms with Crippen molar-refractivity contribution < 1.29 is 72.6 Å². The molecule has 0 rings (SSSR count). The molecular formula is C42H106O17Si14. The van der Waals surface area contributed by atoms with Crippen molar-refractivity contribution in [2.75, 3.05) is 13.2 Å². The van der Waals surface area contributed by atoms with Crippen LogP contribution in [0.1, 0.15) is 26.7 Å². The quantitative estimate of drug-likeness (QED) is 0.0251. The summed E-state index contributed by atoms with van der Waals surface area (Å²) in [6.45, 7) is 68.6. The second kappa shape index (κ2) is 27.1. The second-order valence-electron chi connectivity index (χ2n) is 27.1. The van der Waals surface area contributed by atoms with E-state index in [1.165, 1.54) is 0 Å². The average Bonchev–Trinajstić information content (AvgIpc) is 3.00. The van der Waals surface area contributed by atoms with Crippen LogP contribution in [0.2, 0.25) is 195 Å². The number of carbonyl (C=O) groups is 2. The van der Waals surface area contributed by atoms with Gasteiger partial charge in [-0.2, -0.15) is 0 Å². The maximum absolute atomic E-state index is 13.0. The number of ether oxygens (including phenoxy) is 2. The van der Waals surface area contributed by atoms with E-state index in [-0.39, 0.29) is 49.3 Å². The van der Waals surface area contributed by atoms with Crippen molar-refractivity contribution in [2.45, 2.75) is 222 Å². The van der Waals surface area contributed by atoms with Gasteiger partial charge in [0, 0.05) is 49.4 Å². The fraction of sp³-hybridized carbons (Fsp3) is 0.857. The summed E-state index contributed by atoms with van der Waals surface area (Å²) in [6, 6.07) is 0.0676. The molecule has 0 heterocycles. The van der Waals surface area contributed by atoms with Crippen molar-refractivity contribution in [3.8, 4) is 0 Å². The molecule has 0 atom stereocenters. The number of carbonyl (C=O) groups excluding carboxylic acids is 2. The fourth-order valence-corrected chi connectivity index (χ4v) is 67.5. The molecule has 0 amide bonds. The number of rotatable bonds is 36. The van der Waals surface area contributed by atoms with Gasteiger partial charge in [0.1, 0.15) is 0 Å². The van der Waals surface area contributed by atoms with Crippen LogP contribution in [0.3, 0.4) is 0 Å². The highest BCUT2D eigenvalue weighted by atomic mass is 28.6. The van der Waals surface area contributed by atoms with Gasteiger partial charge in [-0.05, 0) is 184 Å². The van der Waals surface area contributed by atoms with Crippen molar-refractivity contribution in [3.05, 3.63) is 24.3 Å². The van der Waals surface area contributed by atoms with Crippen molar-refractivity contribution in [1.82, 2.24) is 0 Å². The van der Waals surface area contributed by atoms with Crippen LogP contribution in [0.15, 0.2) is 24.3 Å². The van der Waals surface area contributed by atoms with E-state index >= 15 is 0 Å². The summed E-state index contributed by atoms with van der Waals surface area (Å²) in [6.07, 6.45) is 0.384. The number of hydrogen-bond acceptors (Lipinski definition) is 17. The molecule has 0 saturated carbocycles. The van der Waals surface area contributed by atoms with E-state index in [9.17, 15) is 9.59 Å². The molecule has 0 radical (unpaired) electrons. The Morgan fingerprint density at radius 3 is 0.589 bits per heavy atom. The molecule has 0 aliphatic carbocycles. The molecule has 17 nitrogen and oxygen atoms in total. The topological polar surface area (TPSA) is 173 Å². The maximum atomic E-state index is 13.0. The molecule has 0 bridgehead atoms. The molecule has 0 aliphatic heterocycles. The molecular weight excluding hydrogens is 1170 g/mol. The van der Waals surface area contributed by atoms with Gasteiger partial charge in [-0.1, -0.05) is 13.2 Å². The smallest absolute Gasteiger partial charge is 0.462 e. The first-order valence-corrected chi connectivity index (χ1v) is 65.6. The minimum absolute atomic E-state index is 0.0338. The standard InChI is InChI=1S/C42H106O17Si14/c1-39(2)41(43)45-35-33-37-72(55-68(29,47-60(5,6)7)48-61(8,9)10,56-69(30,49-62(11,12)13)50-63(14,15)16)59-73(38-34-36-46-42(44)40(3)4,57-70(31,51-64(17,18)19)52-65(20,21)22)58-71(32,53-66(23,24)25)54-67(26,27)28/h1,3,33-38H2,2,4-32H3. The Balaban J connectivity index is 9.85. The van der Waals surface area contributed by atoms with Crippen LogP contribution >= 0.6 is 0 Å². The van der Waals surface area contributed by atoms with Crippen LogP contribution in [0.4, 0.5) is 0 Å². The van der Waals surface area contributed by atoms with Gasteiger partial charge in [0.2, 0.25) is 0 Å². The van der Waals surface area contributed by atoms with Crippen molar-refractivity contribution in [2.24, 2.45) is 0 Å². The molecule has 31 heteroatoms. The number of hydrogen-bond donors (Lipinski definition) is 0. The highest BCUT2D eigenvalue weighted by molar-refractivity contribution is 6.97. The van der Waals surface area contributed by atoms with E-state index in [2.05, 4.69) is 170 Å². The Kier molecular flexibility index (Phi) is 27.5. The normalized spacial score (nSPS) is 14.9. The van der Waals surface area contributed by atoms with Gasteiger partial charge in [-0.15, -0.1) is 0 Å². The summed E-state index contributed by atoms with van der Waals surface area (Å²) in [4.78, 5) is 26.1. The predicted octanol–water partition coefficient (Wildman–Crippen LogP) is 13.1. The minimum atomic E-state index is -4.68. The summed E-state index contributed by atoms with van der Waals surface area (Å²) in [5.41, 5.74) is 0.519. The largest absolute Gasteiger partial charge is 0.478 e. The van der Waals surface area contributed by atoms with E-state index in [0.717, 1.165) is 0 Å². The number of esters is 2. The molecule has 0 aliphatic rings. The Bertz CT molecular complexity index is 1530. The zero-order valence-electron chi connectivity index (χ0n) is 51.6. The van der Waals surface area contributed by atoms with Gasteiger partial charge in [0.25, 0.3) is 0 Å². The summed E-state index contributed by atoms with van der Waals surface area (Å²) in [5, 5.41) is 0. The van der Waals surface area contributed by atoms with E-state index in [1.54, 1.807) is 13.8 Å². The van der Waals surface area contributed by atoms with E-state index in [1.807, 2.05) is 26.2 Å². The first-order valence-electron chi connectivity index (χ1n) is 25.6.